The molecule has 4 rings (SSSR count). The van der Waals surface area contributed by atoms with Gasteiger partial charge in [-0.05, 0) is 92.6 Å². The molecule has 2 N–H and O–H groups in total. The van der Waals surface area contributed by atoms with E-state index in [9.17, 15) is 13.6 Å². The minimum atomic E-state index is -1.82. The standard InChI is InChI=1S/C26H25F2NO2.C2H2O4/c1-29(2)15-3-14-26(21-7-11-23(28)12-8-21)24-13-6-19(16-20(24)17-31-26)25(30)18-4-9-22(27)10-5-18;3-1(4)2(5)6/h4-13,16H,3,14-15,17H2,1-2H3;(H,3,4)(H,5,6)/t26-;/m1./s1. The van der Waals surface area contributed by atoms with Gasteiger partial charge in [0.15, 0.2) is 5.78 Å². The number of ether oxygens (including phenoxy) is 1. The van der Waals surface area contributed by atoms with Gasteiger partial charge in [0.2, 0.25) is 0 Å². The van der Waals surface area contributed by atoms with Crippen molar-refractivity contribution >= 4 is 17.7 Å². The molecule has 0 radical (unpaired) electrons. The molecule has 0 saturated heterocycles. The number of rotatable bonds is 7. The fourth-order valence-electron chi connectivity index (χ4n) is 4.25. The molecule has 0 amide bonds. The largest absolute Gasteiger partial charge is 0.473 e. The highest BCUT2D eigenvalue weighted by molar-refractivity contribution is 6.27. The molecule has 9 heteroatoms. The molecule has 0 saturated carbocycles. The molecule has 1 aliphatic heterocycles. The van der Waals surface area contributed by atoms with E-state index < -0.39 is 17.5 Å². The summed E-state index contributed by atoms with van der Waals surface area (Å²) < 4.78 is 33.1. The van der Waals surface area contributed by atoms with E-state index in [0.717, 1.165) is 36.1 Å². The highest BCUT2D eigenvalue weighted by Crippen LogP contribution is 2.45. The minimum absolute atomic E-state index is 0.158. The van der Waals surface area contributed by atoms with Crippen LogP contribution < -0.4 is 0 Å². The quantitative estimate of drug-likeness (QED) is 0.356. The van der Waals surface area contributed by atoms with Crippen molar-refractivity contribution < 1.29 is 38.1 Å². The number of aliphatic carboxylic acids is 2. The predicted octanol–water partition coefficient (Wildman–Crippen LogP) is 4.47. The summed E-state index contributed by atoms with van der Waals surface area (Å²) in [7, 11) is 4.06. The fourth-order valence-corrected chi connectivity index (χ4v) is 4.25. The number of hydrogen-bond acceptors (Lipinski definition) is 5. The molecule has 0 aliphatic carbocycles. The number of fused-ring (bicyclic) bond motifs is 1. The number of ketones is 1. The Labute approximate surface area is 212 Å². The van der Waals surface area contributed by atoms with Gasteiger partial charge in [-0.15, -0.1) is 0 Å². The second-order valence-corrected chi connectivity index (χ2v) is 8.85. The zero-order chi connectivity index (χ0) is 27.2. The van der Waals surface area contributed by atoms with Crippen LogP contribution in [0.3, 0.4) is 0 Å². The summed E-state index contributed by atoms with van der Waals surface area (Å²) in [6.45, 7) is 1.28. The summed E-state index contributed by atoms with van der Waals surface area (Å²) in [6.07, 6.45) is 1.65. The Balaban J connectivity index is 0.000000568. The average molecular weight is 512 g/mol. The fraction of sp³-hybridized carbons (Fsp3) is 0.250. The third-order valence-corrected chi connectivity index (χ3v) is 6.01. The molecule has 0 spiro atoms. The number of carboxylic acids is 2. The molecule has 7 nitrogen and oxygen atoms in total. The maximum absolute atomic E-state index is 13.6. The van der Waals surface area contributed by atoms with E-state index in [1.807, 2.05) is 26.2 Å². The maximum atomic E-state index is 13.6. The average Bonchev–Trinajstić information content (AvgIpc) is 3.23. The van der Waals surface area contributed by atoms with Gasteiger partial charge in [-0.1, -0.05) is 24.3 Å². The zero-order valence-electron chi connectivity index (χ0n) is 20.4. The number of halogens is 2. The molecule has 0 bridgehead atoms. The molecule has 0 unspecified atom stereocenters. The van der Waals surface area contributed by atoms with Gasteiger partial charge in [0.1, 0.15) is 17.2 Å². The maximum Gasteiger partial charge on any atom is 0.414 e. The van der Waals surface area contributed by atoms with Crippen molar-refractivity contribution in [2.45, 2.75) is 25.0 Å². The third-order valence-electron chi connectivity index (χ3n) is 6.01. The van der Waals surface area contributed by atoms with Crippen molar-refractivity contribution in [1.29, 1.82) is 0 Å². The summed E-state index contributed by atoms with van der Waals surface area (Å²) >= 11 is 0. The van der Waals surface area contributed by atoms with Crippen LogP contribution in [-0.2, 0) is 26.5 Å². The first-order valence-electron chi connectivity index (χ1n) is 11.5. The van der Waals surface area contributed by atoms with E-state index in [4.69, 9.17) is 24.5 Å². The lowest BCUT2D eigenvalue weighted by molar-refractivity contribution is -0.159. The van der Waals surface area contributed by atoms with Crippen LogP contribution in [0.5, 0.6) is 0 Å². The van der Waals surface area contributed by atoms with Crippen molar-refractivity contribution in [3.63, 3.8) is 0 Å². The number of hydrogen-bond donors (Lipinski definition) is 2. The SMILES string of the molecule is CN(C)CCC[C@]1(c2ccc(F)cc2)OCc2cc(C(=O)c3ccc(F)cc3)ccc21.O=C(O)C(=O)O. The minimum Gasteiger partial charge on any atom is -0.473 e. The lowest BCUT2D eigenvalue weighted by Crippen LogP contribution is -2.28. The lowest BCUT2D eigenvalue weighted by atomic mass is 9.81. The molecular formula is C28H27F2NO6. The van der Waals surface area contributed by atoms with Gasteiger partial charge in [0.05, 0.1) is 6.61 Å². The monoisotopic (exact) mass is 511 g/mol. The van der Waals surface area contributed by atoms with Gasteiger partial charge in [0.25, 0.3) is 0 Å². The molecule has 1 heterocycles. The van der Waals surface area contributed by atoms with E-state index in [1.165, 1.54) is 36.4 Å². The van der Waals surface area contributed by atoms with Crippen LogP contribution in [0.15, 0.2) is 66.7 Å². The van der Waals surface area contributed by atoms with Gasteiger partial charge in [0, 0.05) is 11.1 Å². The van der Waals surface area contributed by atoms with Crippen molar-refractivity contribution in [2.75, 3.05) is 20.6 Å². The Morgan fingerprint density at radius 2 is 1.41 bits per heavy atom. The van der Waals surface area contributed by atoms with E-state index in [0.29, 0.717) is 17.7 Å². The Hall–Kier alpha value is -3.95. The Morgan fingerprint density at radius 3 is 1.95 bits per heavy atom. The van der Waals surface area contributed by atoms with Crippen LogP contribution in [-0.4, -0.2) is 53.5 Å². The van der Waals surface area contributed by atoms with E-state index in [1.54, 1.807) is 18.2 Å². The molecular weight excluding hydrogens is 484 g/mol. The van der Waals surface area contributed by atoms with Gasteiger partial charge in [-0.25, -0.2) is 18.4 Å². The summed E-state index contributed by atoms with van der Waals surface area (Å²) in [5, 5.41) is 14.8. The first-order valence-corrected chi connectivity index (χ1v) is 11.5. The molecule has 1 atom stereocenters. The van der Waals surface area contributed by atoms with E-state index in [2.05, 4.69) is 4.90 Å². The Kier molecular flexibility index (Phi) is 8.86. The number of carboxylic acid groups (broad SMARTS) is 2. The number of benzene rings is 3. The molecule has 37 heavy (non-hydrogen) atoms. The summed E-state index contributed by atoms with van der Waals surface area (Å²) in [5.74, 6) is -4.47. The van der Waals surface area contributed by atoms with Gasteiger partial charge in [-0.2, -0.15) is 0 Å². The van der Waals surface area contributed by atoms with Crippen molar-refractivity contribution in [3.05, 3.63) is 106 Å². The molecule has 194 valence electrons. The molecule has 1 aliphatic rings. The highest BCUT2D eigenvalue weighted by atomic mass is 19.1. The van der Waals surface area contributed by atoms with Crippen LogP contribution in [0.1, 0.15) is 45.5 Å². The third kappa shape index (κ3) is 6.63. The second kappa shape index (κ2) is 11.9. The van der Waals surface area contributed by atoms with E-state index >= 15 is 0 Å². The second-order valence-electron chi connectivity index (χ2n) is 8.85. The lowest BCUT2D eigenvalue weighted by Gasteiger charge is -2.31. The molecule has 0 fully saturated rings. The smallest absolute Gasteiger partial charge is 0.414 e. The normalized spacial score (nSPS) is 16.0. The van der Waals surface area contributed by atoms with Crippen molar-refractivity contribution in [2.24, 2.45) is 0 Å². The van der Waals surface area contributed by atoms with Crippen molar-refractivity contribution in [1.82, 2.24) is 4.90 Å². The first-order chi connectivity index (χ1) is 17.5. The summed E-state index contributed by atoms with van der Waals surface area (Å²) in [5.41, 5.74) is 3.17. The number of nitrogens with zero attached hydrogens (tertiary/aromatic N) is 1. The van der Waals surface area contributed by atoms with Crippen LogP contribution in [0.4, 0.5) is 8.78 Å². The first kappa shape index (κ1) is 27.6. The van der Waals surface area contributed by atoms with Crippen LogP contribution in [0.2, 0.25) is 0 Å². The van der Waals surface area contributed by atoms with Crippen LogP contribution >= 0.6 is 0 Å². The van der Waals surface area contributed by atoms with Gasteiger partial charge in [-0.3, -0.25) is 4.79 Å². The number of carbonyl (C=O) groups is 3. The summed E-state index contributed by atoms with van der Waals surface area (Å²) in [4.78, 5) is 33.2. The molecule has 3 aromatic rings. The van der Waals surface area contributed by atoms with Gasteiger partial charge < -0.3 is 19.8 Å². The topological polar surface area (TPSA) is 104 Å². The summed E-state index contributed by atoms with van der Waals surface area (Å²) in [6, 6.07) is 17.6. The van der Waals surface area contributed by atoms with E-state index in [-0.39, 0.29) is 17.4 Å². The molecule has 0 aromatic heterocycles. The van der Waals surface area contributed by atoms with Gasteiger partial charge >= 0.3 is 11.9 Å². The Bertz CT molecular complexity index is 1260. The van der Waals surface area contributed by atoms with Crippen LogP contribution in [0.25, 0.3) is 0 Å². The predicted molar refractivity (Wildman–Crippen MR) is 131 cm³/mol. The Morgan fingerprint density at radius 1 is 0.865 bits per heavy atom. The number of carbonyl (C=O) groups excluding carboxylic acids is 1. The highest BCUT2D eigenvalue weighted by Gasteiger charge is 2.41. The van der Waals surface area contributed by atoms with Crippen molar-refractivity contribution in [3.8, 4) is 0 Å². The molecule has 3 aromatic carbocycles. The zero-order valence-corrected chi connectivity index (χ0v) is 20.4. The van der Waals surface area contributed by atoms with Crippen LogP contribution in [0, 0.1) is 11.6 Å².